The molecule has 0 radical (unpaired) electrons. The third-order valence-electron chi connectivity index (χ3n) is 4.11. The lowest BCUT2D eigenvalue weighted by molar-refractivity contribution is -0.274. The molecule has 2 aromatic carbocycles. The summed E-state index contributed by atoms with van der Waals surface area (Å²) in [6, 6.07) is 10.8. The van der Waals surface area contributed by atoms with Gasteiger partial charge in [0, 0.05) is 12.0 Å². The quantitative estimate of drug-likeness (QED) is 0.876. The number of carbonyl (C=O) groups is 1. The van der Waals surface area contributed by atoms with Gasteiger partial charge in [-0.15, -0.1) is 13.2 Å². The number of carbonyl (C=O) groups excluding carboxylic acids is 1. The number of halogens is 3. The van der Waals surface area contributed by atoms with Crippen molar-refractivity contribution in [1.29, 1.82) is 0 Å². The highest BCUT2D eigenvalue weighted by Crippen LogP contribution is 2.41. The highest BCUT2D eigenvalue weighted by molar-refractivity contribution is 5.69. The zero-order valence-corrected chi connectivity index (χ0v) is 13.8. The van der Waals surface area contributed by atoms with E-state index >= 15 is 0 Å². The van der Waals surface area contributed by atoms with Crippen LogP contribution in [0.5, 0.6) is 11.5 Å². The smallest absolute Gasteiger partial charge is 0.493 e. The maximum atomic E-state index is 12.4. The van der Waals surface area contributed by atoms with E-state index in [1.54, 1.807) is 31.2 Å². The fraction of sp³-hybridized carbons (Fsp3) is 0.278. The van der Waals surface area contributed by atoms with Crippen molar-refractivity contribution < 1.29 is 32.2 Å². The molecule has 0 aliphatic carbocycles. The van der Waals surface area contributed by atoms with Crippen molar-refractivity contribution in [2.24, 2.45) is 5.73 Å². The lowest BCUT2D eigenvalue weighted by Gasteiger charge is -2.34. The normalized spacial score (nSPS) is 19.2. The van der Waals surface area contributed by atoms with Crippen LogP contribution in [0, 0.1) is 0 Å². The van der Waals surface area contributed by atoms with Crippen LogP contribution in [0.1, 0.15) is 18.9 Å². The Morgan fingerprint density at radius 3 is 2.62 bits per heavy atom. The minimum atomic E-state index is -4.76. The Balaban J connectivity index is 1.95. The summed E-state index contributed by atoms with van der Waals surface area (Å²) in [6.45, 7) is 2.05. The monoisotopic (exact) mass is 367 g/mol. The van der Waals surface area contributed by atoms with Crippen LogP contribution in [0.3, 0.4) is 0 Å². The third kappa shape index (κ3) is 3.84. The molecule has 0 aromatic heterocycles. The van der Waals surface area contributed by atoms with Crippen LogP contribution in [0.4, 0.5) is 18.0 Å². The molecule has 1 unspecified atom stereocenters. The molecule has 2 N–H and O–H groups in total. The number of benzene rings is 2. The molecule has 2 aromatic rings. The van der Waals surface area contributed by atoms with Crippen molar-refractivity contribution in [1.82, 2.24) is 0 Å². The highest BCUT2D eigenvalue weighted by Gasteiger charge is 2.37. The number of hydrogen-bond acceptors (Lipinski definition) is 4. The van der Waals surface area contributed by atoms with Crippen LogP contribution >= 0.6 is 0 Å². The number of ether oxygens (including phenoxy) is 3. The molecule has 0 fully saturated rings. The second kappa shape index (κ2) is 6.44. The second-order valence-electron chi connectivity index (χ2n) is 6.04. The minimum Gasteiger partial charge on any atom is -0.493 e. The summed E-state index contributed by atoms with van der Waals surface area (Å²) in [6.07, 6.45) is -5.20. The Kier molecular flexibility index (Phi) is 4.43. The summed E-state index contributed by atoms with van der Waals surface area (Å²) in [5.74, 6) is 0.176. The molecule has 0 bridgehead atoms. The molecule has 1 amide bonds. The van der Waals surface area contributed by atoms with E-state index in [1.165, 1.54) is 18.2 Å². The summed E-state index contributed by atoms with van der Waals surface area (Å²) in [5, 5.41) is 0. The Labute approximate surface area is 147 Å². The standard InChI is InChI=1S/C18H16F3NO4/c1-17(26-16(22)23)7-8-24-15-10-12(5-6-14(15)17)11-3-2-4-13(9-11)25-18(19,20)21/h2-6,9-10H,7-8H2,1H3,(H2,22,23). The van der Waals surface area contributed by atoms with Crippen molar-refractivity contribution in [2.45, 2.75) is 25.3 Å². The first-order chi connectivity index (χ1) is 12.2. The van der Waals surface area contributed by atoms with Crippen LogP contribution in [0.25, 0.3) is 11.1 Å². The van der Waals surface area contributed by atoms with Gasteiger partial charge in [0.05, 0.1) is 6.61 Å². The average molecular weight is 367 g/mol. The fourth-order valence-corrected chi connectivity index (χ4v) is 2.95. The molecule has 26 heavy (non-hydrogen) atoms. The second-order valence-corrected chi connectivity index (χ2v) is 6.04. The molecule has 5 nitrogen and oxygen atoms in total. The van der Waals surface area contributed by atoms with Gasteiger partial charge in [-0.2, -0.15) is 0 Å². The first-order valence-electron chi connectivity index (χ1n) is 7.78. The van der Waals surface area contributed by atoms with E-state index in [-0.39, 0.29) is 5.75 Å². The van der Waals surface area contributed by atoms with Gasteiger partial charge in [0.1, 0.15) is 17.1 Å². The maximum Gasteiger partial charge on any atom is 0.573 e. The maximum absolute atomic E-state index is 12.4. The van der Waals surface area contributed by atoms with Crippen LogP contribution in [-0.2, 0) is 10.3 Å². The number of nitrogens with two attached hydrogens (primary N) is 1. The van der Waals surface area contributed by atoms with Crippen LogP contribution in [-0.4, -0.2) is 19.1 Å². The van der Waals surface area contributed by atoms with Gasteiger partial charge in [-0.25, -0.2) is 4.79 Å². The van der Waals surface area contributed by atoms with E-state index in [4.69, 9.17) is 15.2 Å². The highest BCUT2D eigenvalue weighted by atomic mass is 19.4. The van der Waals surface area contributed by atoms with Gasteiger partial charge < -0.3 is 19.9 Å². The lowest BCUT2D eigenvalue weighted by atomic mass is 9.88. The van der Waals surface area contributed by atoms with Crippen molar-refractivity contribution in [3.05, 3.63) is 48.0 Å². The van der Waals surface area contributed by atoms with Gasteiger partial charge in [0.25, 0.3) is 0 Å². The lowest BCUT2D eigenvalue weighted by Crippen LogP contribution is -2.36. The predicted molar refractivity (Wildman–Crippen MR) is 86.7 cm³/mol. The predicted octanol–water partition coefficient (Wildman–Crippen LogP) is 4.35. The van der Waals surface area contributed by atoms with E-state index in [0.717, 1.165) is 0 Å². The summed E-state index contributed by atoms with van der Waals surface area (Å²) in [4.78, 5) is 11.2. The Bertz CT molecular complexity index is 837. The molecule has 1 aliphatic heterocycles. The molecular weight excluding hydrogens is 351 g/mol. The largest absolute Gasteiger partial charge is 0.573 e. The number of fused-ring (bicyclic) bond motifs is 1. The Morgan fingerprint density at radius 1 is 1.19 bits per heavy atom. The summed E-state index contributed by atoms with van der Waals surface area (Å²) in [5.41, 5.74) is 6.04. The molecule has 1 atom stereocenters. The Hall–Kier alpha value is -2.90. The van der Waals surface area contributed by atoms with Crippen molar-refractivity contribution >= 4 is 6.09 Å². The van der Waals surface area contributed by atoms with E-state index in [2.05, 4.69) is 4.74 Å². The minimum absolute atomic E-state index is 0.310. The molecule has 1 aliphatic rings. The number of primary amides is 1. The van der Waals surface area contributed by atoms with Gasteiger partial charge in [0.15, 0.2) is 0 Å². The molecular formula is C18H16F3NO4. The van der Waals surface area contributed by atoms with E-state index in [9.17, 15) is 18.0 Å². The summed E-state index contributed by atoms with van der Waals surface area (Å²) in [7, 11) is 0. The van der Waals surface area contributed by atoms with Gasteiger partial charge in [0.2, 0.25) is 0 Å². The Morgan fingerprint density at radius 2 is 1.92 bits per heavy atom. The molecule has 0 saturated carbocycles. The van der Waals surface area contributed by atoms with Crippen LogP contribution < -0.4 is 15.2 Å². The van der Waals surface area contributed by atoms with Gasteiger partial charge in [-0.3, -0.25) is 0 Å². The van der Waals surface area contributed by atoms with E-state index in [0.29, 0.717) is 35.5 Å². The average Bonchev–Trinajstić information content (AvgIpc) is 2.52. The molecule has 3 rings (SSSR count). The van der Waals surface area contributed by atoms with E-state index < -0.39 is 18.1 Å². The van der Waals surface area contributed by atoms with Crippen molar-refractivity contribution in [3.8, 4) is 22.6 Å². The SMILES string of the molecule is CC1(OC(N)=O)CCOc2cc(-c3cccc(OC(F)(F)F)c3)ccc21. The summed E-state index contributed by atoms with van der Waals surface area (Å²) < 4.78 is 52.0. The third-order valence-corrected chi connectivity index (χ3v) is 4.11. The number of rotatable bonds is 3. The zero-order chi connectivity index (χ0) is 18.9. The van der Waals surface area contributed by atoms with Crippen LogP contribution in [0.15, 0.2) is 42.5 Å². The molecule has 1 heterocycles. The van der Waals surface area contributed by atoms with Gasteiger partial charge in [-0.1, -0.05) is 24.3 Å². The van der Waals surface area contributed by atoms with Crippen molar-refractivity contribution in [3.63, 3.8) is 0 Å². The summed E-state index contributed by atoms with van der Waals surface area (Å²) >= 11 is 0. The molecule has 0 saturated heterocycles. The van der Waals surface area contributed by atoms with Crippen LogP contribution in [0.2, 0.25) is 0 Å². The molecule has 8 heteroatoms. The molecule has 138 valence electrons. The first-order valence-corrected chi connectivity index (χ1v) is 7.78. The first kappa shape index (κ1) is 17.9. The van der Waals surface area contributed by atoms with Crippen molar-refractivity contribution in [2.75, 3.05) is 6.61 Å². The molecule has 0 spiro atoms. The zero-order valence-electron chi connectivity index (χ0n) is 13.8. The van der Waals surface area contributed by atoms with Gasteiger partial charge >= 0.3 is 12.5 Å². The van der Waals surface area contributed by atoms with E-state index in [1.807, 2.05) is 0 Å². The fourth-order valence-electron chi connectivity index (χ4n) is 2.95. The number of hydrogen-bond donors (Lipinski definition) is 1. The number of alkyl halides is 3. The van der Waals surface area contributed by atoms with Gasteiger partial charge in [-0.05, 0) is 36.2 Å². The number of amides is 1. The topological polar surface area (TPSA) is 70.8 Å².